The molecular formula is C19H32IN5O2. The number of aliphatic imine (C=N–C) groups is 1. The number of hydrogen-bond donors (Lipinski definition) is 1. The van der Waals surface area contributed by atoms with Crippen LogP contribution in [-0.4, -0.2) is 86.0 Å². The Labute approximate surface area is 179 Å². The maximum atomic E-state index is 12.3. The molecule has 152 valence electrons. The number of carbonyl (C=O) groups is 1. The highest BCUT2D eigenvalue weighted by Crippen LogP contribution is 2.10. The van der Waals surface area contributed by atoms with Crippen LogP contribution in [0.15, 0.2) is 27.8 Å². The number of halogens is 1. The van der Waals surface area contributed by atoms with Gasteiger partial charge in [0.1, 0.15) is 0 Å². The summed E-state index contributed by atoms with van der Waals surface area (Å²) in [5.74, 6) is 1.33. The predicted molar refractivity (Wildman–Crippen MR) is 118 cm³/mol. The van der Waals surface area contributed by atoms with Crippen LogP contribution in [0.25, 0.3) is 0 Å². The van der Waals surface area contributed by atoms with Gasteiger partial charge >= 0.3 is 0 Å². The van der Waals surface area contributed by atoms with E-state index in [1.165, 1.54) is 38.9 Å². The number of furan rings is 1. The average molecular weight is 489 g/mol. The molecule has 0 saturated carbocycles. The minimum Gasteiger partial charge on any atom is -0.459 e. The van der Waals surface area contributed by atoms with Crippen LogP contribution in [0.5, 0.6) is 0 Å². The number of carbonyl (C=O) groups excluding carboxylic acids is 1. The molecular weight excluding hydrogens is 457 g/mol. The van der Waals surface area contributed by atoms with Crippen LogP contribution in [0.1, 0.15) is 36.2 Å². The molecule has 27 heavy (non-hydrogen) atoms. The number of nitrogens with one attached hydrogen (secondary N) is 1. The van der Waals surface area contributed by atoms with Crippen LogP contribution in [-0.2, 0) is 0 Å². The number of nitrogens with zero attached hydrogens (tertiary/aromatic N) is 4. The van der Waals surface area contributed by atoms with Crippen LogP contribution in [0.2, 0.25) is 0 Å². The number of likely N-dealkylation sites (tertiary alicyclic amines) is 1. The Morgan fingerprint density at radius 2 is 1.81 bits per heavy atom. The van der Waals surface area contributed by atoms with Crippen LogP contribution >= 0.6 is 24.0 Å². The Morgan fingerprint density at radius 1 is 1.11 bits per heavy atom. The third-order valence-corrected chi connectivity index (χ3v) is 5.19. The van der Waals surface area contributed by atoms with Crippen LogP contribution in [0.3, 0.4) is 0 Å². The fourth-order valence-electron chi connectivity index (χ4n) is 3.68. The van der Waals surface area contributed by atoms with E-state index in [9.17, 15) is 4.79 Å². The minimum absolute atomic E-state index is 0. The van der Waals surface area contributed by atoms with Gasteiger partial charge in [0.25, 0.3) is 5.91 Å². The standard InChI is InChI=1S/C19H31N5O2.HI/c1-20-19(21-8-2-3-9-22-10-4-5-11-22)24-14-12-23(13-15-24)18(25)17-7-6-16-26-17;/h6-7,16H,2-5,8-15H2,1H3,(H,20,21);1H. The highest BCUT2D eigenvalue weighted by atomic mass is 127. The molecule has 7 nitrogen and oxygen atoms in total. The number of unbranched alkanes of at least 4 members (excludes halogenated alkanes) is 1. The summed E-state index contributed by atoms with van der Waals surface area (Å²) in [7, 11) is 1.83. The third-order valence-electron chi connectivity index (χ3n) is 5.19. The first-order valence-electron chi connectivity index (χ1n) is 9.78. The Bertz CT molecular complexity index is 579. The van der Waals surface area contributed by atoms with E-state index in [2.05, 4.69) is 20.1 Å². The lowest BCUT2D eigenvalue weighted by Crippen LogP contribution is -2.53. The number of rotatable bonds is 6. The smallest absolute Gasteiger partial charge is 0.289 e. The second-order valence-corrected chi connectivity index (χ2v) is 6.99. The summed E-state index contributed by atoms with van der Waals surface area (Å²) >= 11 is 0. The maximum Gasteiger partial charge on any atom is 0.289 e. The fourth-order valence-corrected chi connectivity index (χ4v) is 3.68. The van der Waals surface area contributed by atoms with Gasteiger partial charge in [-0.25, -0.2) is 0 Å². The molecule has 2 saturated heterocycles. The predicted octanol–water partition coefficient (Wildman–Crippen LogP) is 2.11. The quantitative estimate of drug-likeness (QED) is 0.287. The Balaban J connectivity index is 0.00000261. The molecule has 1 aromatic rings. The molecule has 0 radical (unpaired) electrons. The van der Waals surface area contributed by atoms with Crippen molar-refractivity contribution in [1.82, 2.24) is 20.0 Å². The lowest BCUT2D eigenvalue weighted by molar-refractivity contribution is 0.0657. The van der Waals surface area contributed by atoms with Crippen molar-refractivity contribution < 1.29 is 9.21 Å². The molecule has 0 aromatic carbocycles. The molecule has 0 bridgehead atoms. The summed E-state index contributed by atoms with van der Waals surface area (Å²) in [5, 5.41) is 3.47. The summed E-state index contributed by atoms with van der Waals surface area (Å²) in [6.07, 6.45) is 6.65. The Morgan fingerprint density at radius 3 is 2.44 bits per heavy atom. The lowest BCUT2D eigenvalue weighted by atomic mass is 10.3. The van der Waals surface area contributed by atoms with Gasteiger partial charge < -0.3 is 24.4 Å². The molecule has 0 aliphatic carbocycles. The van der Waals surface area contributed by atoms with Gasteiger partial charge in [-0.2, -0.15) is 0 Å². The topological polar surface area (TPSA) is 64.3 Å². The van der Waals surface area contributed by atoms with Crippen molar-refractivity contribution in [3.8, 4) is 0 Å². The monoisotopic (exact) mass is 489 g/mol. The molecule has 1 N–H and O–H groups in total. The summed E-state index contributed by atoms with van der Waals surface area (Å²) in [6, 6.07) is 3.47. The van der Waals surface area contributed by atoms with Crippen molar-refractivity contribution in [3.05, 3.63) is 24.2 Å². The molecule has 0 atom stereocenters. The molecule has 8 heteroatoms. The normalized spacial score (nSPS) is 18.5. The van der Waals surface area contributed by atoms with E-state index in [-0.39, 0.29) is 29.9 Å². The van der Waals surface area contributed by atoms with E-state index in [1.54, 1.807) is 18.4 Å². The Hall–Kier alpha value is -1.29. The summed E-state index contributed by atoms with van der Waals surface area (Å²) < 4.78 is 5.21. The molecule has 2 fully saturated rings. The zero-order valence-electron chi connectivity index (χ0n) is 16.2. The number of guanidine groups is 1. The number of hydrogen-bond acceptors (Lipinski definition) is 4. The minimum atomic E-state index is -0.0282. The van der Waals surface area contributed by atoms with Gasteiger partial charge in [0.2, 0.25) is 0 Å². The molecule has 3 heterocycles. The molecule has 0 spiro atoms. The maximum absolute atomic E-state index is 12.3. The van der Waals surface area contributed by atoms with Gasteiger partial charge in [-0.3, -0.25) is 9.79 Å². The highest BCUT2D eigenvalue weighted by Gasteiger charge is 2.25. The van der Waals surface area contributed by atoms with Crippen molar-refractivity contribution >= 4 is 35.8 Å². The average Bonchev–Trinajstić information content (AvgIpc) is 3.38. The third kappa shape index (κ3) is 6.38. The Kier molecular flexibility index (Phi) is 9.40. The second kappa shape index (κ2) is 11.5. The molecule has 2 aliphatic rings. The van der Waals surface area contributed by atoms with Crippen molar-refractivity contribution in [2.24, 2.45) is 4.99 Å². The number of piperazine rings is 1. The van der Waals surface area contributed by atoms with Crippen LogP contribution < -0.4 is 5.32 Å². The summed E-state index contributed by atoms with van der Waals surface area (Å²) in [6.45, 7) is 7.68. The fraction of sp³-hybridized carbons (Fsp3) is 0.684. The molecule has 3 rings (SSSR count). The van der Waals surface area contributed by atoms with Crippen molar-refractivity contribution in [2.75, 3.05) is 59.4 Å². The summed E-state index contributed by atoms with van der Waals surface area (Å²) in [4.78, 5) is 23.4. The molecule has 1 aromatic heterocycles. The first-order valence-corrected chi connectivity index (χ1v) is 9.78. The van der Waals surface area contributed by atoms with Gasteiger partial charge in [-0.05, 0) is 57.5 Å². The van der Waals surface area contributed by atoms with E-state index in [1.807, 2.05) is 11.9 Å². The molecule has 1 amide bonds. The van der Waals surface area contributed by atoms with Gasteiger partial charge in [-0.15, -0.1) is 24.0 Å². The first kappa shape index (κ1) is 22.0. The van der Waals surface area contributed by atoms with Gasteiger partial charge in [0.15, 0.2) is 11.7 Å². The van der Waals surface area contributed by atoms with E-state index in [0.717, 1.165) is 32.0 Å². The van der Waals surface area contributed by atoms with Gasteiger partial charge in [0.05, 0.1) is 6.26 Å². The second-order valence-electron chi connectivity index (χ2n) is 6.99. The van der Waals surface area contributed by atoms with Gasteiger partial charge in [0, 0.05) is 39.8 Å². The van der Waals surface area contributed by atoms with Gasteiger partial charge in [-0.1, -0.05) is 0 Å². The molecule has 2 aliphatic heterocycles. The largest absolute Gasteiger partial charge is 0.459 e. The van der Waals surface area contributed by atoms with Crippen molar-refractivity contribution in [3.63, 3.8) is 0 Å². The number of amides is 1. The van der Waals surface area contributed by atoms with Crippen LogP contribution in [0.4, 0.5) is 0 Å². The van der Waals surface area contributed by atoms with E-state index < -0.39 is 0 Å². The van der Waals surface area contributed by atoms with E-state index in [4.69, 9.17) is 4.42 Å². The zero-order valence-corrected chi connectivity index (χ0v) is 18.6. The SMILES string of the molecule is CN=C(NCCCCN1CCCC1)N1CCN(C(=O)c2ccco2)CC1.I. The van der Waals surface area contributed by atoms with E-state index >= 15 is 0 Å². The van der Waals surface area contributed by atoms with E-state index in [0.29, 0.717) is 18.8 Å². The van der Waals surface area contributed by atoms with Crippen molar-refractivity contribution in [1.29, 1.82) is 0 Å². The molecule has 0 unspecified atom stereocenters. The lowest BCUT2D eigenvalue weighted by Gasteiger charge is -2.36. The first-order chi connectivity index (χ1) is 12.8. The van der Waals surface area contributed by atoms with Crippen molar-refractivity contribution in [2.45, 2.75) is 25.7 Å². The summed E-state index contributed by atoms with van der Waals surface area (Å²) in [5.41, 5.74) is 0. The van der Waals surface area contributed by atoms with Crippen LogP contribution in [0, 0.1) is 0 Å². The zero-order chi connectivity index (χ0) is 18.2. The highest BCUT2D eigenvalue weighted by molar-refractivity contribution is 14.0.